The van der Waals surface area contributed by atoms with Crippen LogP contribution in [0.4, 0.5) is 0 Å². The molecule has 0 aliphatic heterocycles. The smallest absolute Gasteiger partial charge is 0.255 e. The highest BCUT2D eigenvalue weighted by Crippen LogP contribution is 2.21. The second-order valence-electron chi connectivity index (χ2n) is 3.58. The Bertz CT molecular complexity index is 472. The number of aromatic hydroxyl groups is 1. The van der Waals surface area contributed by atoms with E-state index in [1.165, 1.54) is 18.2 Å². The minimum atomic E-state index is -0.376. The number of phenolic OH excluding ortho intramolecular Hbond substituents is 1. The average molecular weight is 269 g/mol. The summed E-state index contributed by atoms with van der Waals surface area (Å²) in [6.45, 7) is 0.862. The van der Waals surface area contributed by atoms with E-state index >= 15 is 0 Å². The van der Waals surface area contributed by atoms with E-state index < -0.39 is 0 Å². The lowest BCUT2D eigenvalue weighted by Gasteiger charge is -2.06. The second-order valence-corrected chi connectivity index (χ2v) is 4.02. The number of unbranched alkanes of at least 4 members (excludes halogenated alkanes) is 1. The summed E-state index contributed by atoms with van der Waals surface area (Å²) in [5.74, 6) is -0.482. The third-order valence-electron chi connectivity index (χ3n) is 2.24. The number of hydrogen-bond donors (Lipinski definition) is 2. The van der Waals surface area contributed by atoms with Gasteiger partial charge >= 0.3 is 0 Å². The van der Waals surface area contributed by atoms with E-state index in [1.54, 1.807) is 0 Å². The summed E-state index contributed by atoms with van der Waals surface area (Å²) < 4.78 is 0. The highest BCUT2D eigenvalue weighted by atomic mass is 35.5. The van der Waals surface area contributed by atoms with Gasteiger partial charge in [-0.3, -0.25) is 4.79 Å². The maximum Gasteiger partial charge on any atom is 0.255 e. The summed E-state index contributed by atoms with van der Waals surface area (Å²) in [4.78, 5) is 14.3. The zero-order valence-electron chi connectivity index (χ0n) is 9.64. The molecule has 0 spiro atoms. The molecule has 0 bridgehead atoms. The molecule has 0 unspecified atom stereocenters. The Balaban J connectivity index is 2.41. The van der Waals surface area contributed by atoms with Crippen LogP contribution in [0.1, 0.15) is 23.2 Å². The number of nitrogens with one attached hydrogen (secondary N) is 1. The van der Waals surface area contributed by atoms with Crippen LogP contribution in [-0.2, 0) is 0 Å². The normalized spacial score (nSPS) is 9.61. The number of azide groups is 1. The first-order chi connectivity index (χ1) is 8.65. The quantitative estimate of drug-likeness (QED) is 0.359. The molecule has 6 nitrogen and oxygen atoms in total. The fourth-order valence-electron chi connectivity index (χ4n) is 1.34. The van der Waals surface area contributed by atoms with Crippen molar-refractivity contribution in [2.45, 2.75) is 12.8 Å². The van der Waals surface area contributed by atoms with Crippen molar-refractivity contribution < 1.29 is 9.90 Å². The van der Waals surface area contributed by atoms with Crippen molar-refractivity contribution in [1.29, 1.82) is 0 Å². The molecule has 0 aliphatic rings. The third-order valence-corrected chi connectivity index (χ3v) is 2.47. The number of halogens is 1. The Kier molecular flexibility index (Phi) is 5.84. The first-order valence-corrected chi connectivity index (χ1v) is 5.80. The van der Waals surface area contributed by atoms with E-state index in [-0.39, 0.29) is 17.2 Å². The Morgan fingerprint density at radius 1 is 1.50 bits per heavy atom. The van der Waals surface area contributed by atoms with Gasteiger partial charge in [-0.1, -0.05) is 16.7 Å². The zero-order chi connectivity index (χ0) is 13.4. The highest BCUT2D eigenvalue weighted by molar-refractivity contribution is 6.31. The van der Waals surface area contributed by atoms with Gasteiger partial charge in [0.2, 0.25) is 0 Å². The van der Waals surface area contributed by atoms with Gasteiger partial charge in [0.25, 0.3) is 5.91 Å². The molecule has 18 heavy (non-hydrogen) atoms. The van der Waals surface area contributed by atoms with E-state index in [1.807, 2.05) is 0 Å². The van der Waals surface area contributed by atoms with E-state index in [0.717, 1.165) is 0 Å². The van der Waals surface area contributed by atoms with Crippen LogP contribution in [0.3, 0.4) is 0 Å². The van der Waals surface area contributed by atoms with Gasteiger partial charge in [0, 0.05) is 23.0 Å². The molecule has 1 amide bonds. The number of nitrogens with zero attached hydrogens (tertiary/aromatic N) is 3. The molecule has 0 aromatic heterocycles. The lowest BCUT2D eigenvalue weighted by atomic mass is 10.2. The SMILES string of the molecule is [N-]=[N+]=NCCCCNC(=O)c1cc(Cl)ccc1O. The summed E-state index contributed by atoms with van der Waals surface area (Å²) in [7, 11) is 0. The Morgan fingerprint density at radius 2 is 2.28 bits per heavy atom. The minimum Gasteiger partial charge on any atom is -0.507 e. The molecule has 0 saturated carbocycles. The van der Waals surface area contributed by atoms with Crippen LogP contribution in [-0.4, -0.2) is 24.1 Å². The molecule has 1 rings (SSSR count). The number of hydrogen-bond acceptors (Lipinski definition) is 3. The van der Waals surface area contributed by atoms with E-state index in [2.05, 4.69) is 15.3 Å². The Labute approximate surface area is 109 Å². The average Bonchev–Trinajstić information content (AvgIpc) is 2.36. The van der Waals surface area contributed by atoms with Crippen LogP contribution in [0.5, 0.6) is 5.75 Å². The van der Waals surface area contributed by atoms with Crippen molar-refractivity contribution in [1.82, 2.24) is 5.32 Å². The minimum absolute atomic E-state index is 0.106. The standard InChI is InChI=1S/C11H13ClN4O2/c12-8-3-4-10(17)9(7-8)11(18)14-5-1-2-6-15-16-13/h3-4,7,17H,1-2,5-6H2,(H,14,18). The fourth-order valence-corrected chi connectivity index (χ4v) is 1.51. The molecule has 0 radical (unpaired) electrons. The summed E-state index contributed by atoms with van der Waals surface area (Å²) in [6, 6.07) is 4.29. The van der Waals surface area contributed by atoms with Crippen molar-refractivity contribution >= 4 is 17.5 Å². The summed E-state index contributed by atoms with van der Waals surface area (Å²) in [5.41, 5.74) is 8.22. The summed E-state index contributed by atoms with van der Waals surface area (Å²) in [6.07, 6.45) is 1.40. The van der Waals surface area contributed by atoms with Crippen molar-refractivity contribution in [3.05, 3.63) is 39.2 Å². The molecule has 0 saturated heterocycles. The Hall–Kier alpha value is -1.91. The lowest BCUT2D eigenvalue weighted by Crippen LogP contribution is -2.24. The molecule has 0 atom stereocenters. The van der Waals surface area contributed by atoms with Gasteiger partial charge < -0.3 is 10.4 Å². The van der Waals surface area contributed by atoms with Gasteiger partial charge in [-0.25, -0.2) is 0 Å². The molecule has 1 aromatic rings. The molecule has 0 heterocycles. The fraction of sp³-hybridized carbons (Fsp3) is 0.364. The van der Waals surface area contributed by atoms with E-state index in [9.17, 15) is 9.90 Å². The topological polar surface area (TPSA) is 98.1 Å². The molecule has 0 aliphatic carbocycles. The third kappa shape index (κ3) is 4.53. The number of benzene rings is 1. The van der Waals surface area contributed by atoms with Gasteiger partial charge in [0.15, 0.2) is 0 Å². The predicted octanol–water partition coefficient (Wildman–Crippen LogP) is 2.87. The van der Waals surface area contributed by atoms with Crippen LogP contribution in [0.25, 0.3) is 10.4 Å². The second kappa shape index (κ2) is 7.42. The van der Waals surface area contributed by atoms with Gasteiger partial charge in [-0.05, 0) is 36.6 Å². The first-order valence-electron chi connectivity index (χ1n) is 5.42. The van der Waals surface area contributed by atoms with Crippen molar-refractivity contribution in [2.75, 3.05) is 13.1 Å². The largest absolute Gasteiger partial charge is 0.507 e. The molecule has 1 aromatic carbocycles. The molecule has 2 N–H and O–H groups in total. The predicted molar refractivity (Wildman–Crippen MR) is 68.7 cm³/mol. The van der Waals surface area contributed by atoms with Crippen LogP contribution < -0.4 is 5.32 Å². The number of carbonyl (C=O) groups is 1. The van der Waals surface area contributed by atoms with Gasteiger partial charge in [0.1, 0.15) is 5.75 Å². The lowest BCUT2D eigenvalue weighted by molar-refractivity contribution is 0.0950. The van der Waals surface area contributed by atoms with Crippen LogP contribution in [0, 0.1) is 0 Å². The van der Waals surface area contributed by atoms with Crippen LogP contribution >= 0.6 is 11.6 Å². The monoisotopic (exact) mass is 268 g/mol. The van der Waals surface area contributed by atoms with E-state index in [4.69, 9.17) is 17.1 Å². The van der Waals surface area contributed by atoms with Gasteiger partial charge in [0.05, 0.1) is 5.56 Å². The van der Waals surface area contributed by atoms with Crippen molar-refractivity contribution in [3.63, 3.8) is 0 Å². The Morgan fingerprint density at radius 3 is 3.00 bits per heavy atom. The molecule has 0 fully saturated rings. The van der Waals surface area contributed by atoms with E-state index in [0.29, 0.717) is 31.0 Å². The molecule has 96 valence electrons. The summed E-state index contributed by atoms with van der Waals surface area (Å²) in [5, 5.41) is 15.9. The number of phenols is 1. The van der Waals surface area contributed by atoms with Crippen molar-refractivity contribution in [2.24, 2.45) is 5.11 Å². The number of amides is 1. The highest BCUT2D eigenvalue weighted by Gasteiger charge is 2.10. The molecular weight excluding hydrogens is 256 g/mol. The zero-order valence-corrected chi connectivity index (χ0v) is 10.4. The number of rotatable bonds is 6. The summed E-state index contributed by atoms with van der Waals surface area (Å²) >= 11 is 5.74. The number of carbonyl (C=O) groups excluding carboxylic acids is 1. The first kappa shape index (κ1) is 14.2. The van der Waals surface area contributed by atoms with Crippen molar-refractivity contribution in [3.8, 4) is 5.75 Å². The maximum absolute atomic E-state index is 11.7. The molecule has 7 heteroatoms. The van der Waals surface area contributed by atoms with Gasteiger partial charge in [-0.15, -0.1) is 0 Å². The van der Waals surface area contributed by atoms with Crippen LogP contribution in [0.15, 0.2) is 23.3 Å². The molecular formula is C11H13ClN4O2. The van der Waals surface area contributed by atoms with Crippen LogP contribution in [0.2, 0.25) is 5.02 Å². The van der Waals surface area contributed by atoms with Gasteiger partial charge in [-0.2, -0.15) is 0 Å². The maximum atomic E-state index is 11.7.